The Morgan fingerprint density at radius 1 is 1.19 bits per heavy atom. The quantitative estimate of drug-likeness (QED) is 0.451. The summed E-state index contributed by atoms with van der Waals surface area (Å²) in [5.74, 6) is -0.105. The summed E-state index contributed by atoms with van der Waals surface area (Å²) in [6.07, 6.45) is 5.74. The summed E-state index contributed by atoms with van der Waals surface area (Å²) >= 11 is 0. The van der Waals surface area contributed by atoms with Gasteiger partial charge in [0.25, 0.3) is 0 Å². The molecule has 0 atom stereocenters. The van der Waals surface area contributed by atoms with Crippen LogP contribution in [0.25, 0.3) is 33.0 Å². The summed E-state index contributed by atoms with van der Waals surface area (Å²) in [5, 5.41) is 14.4. The Morgan fingerprint density at radius 3 is 2.72 bits per heavy atom. The first-order valence-corrected chi connectivity index (χ1v) is 10.2. The highest BCUT2D eigenvalue weighted by molar-refractivity contribution is 6.00. The normalized spacial score (nSPS) is 13.8. The molecule has 7 nitrogen and oxygen atoms in total. The van der Waals surface area contributed by atoms with Gasteiger partial charge in [-0.05, 0) is 43.4 Å². The summed E-state index contributed by atoms with van der Waals surface area (Å²) in [6, 6.07) is 7.58. The smallest absolute Gasteiger partial charge is 0.349 e. The van der Waals surface area contributed by atoms with Gasteiger partial charge in [0.2, 0.25) is 0 Å². The third-order valence-electron chi connectivity index (χ3n) is 5.67. The fraction of sp³-hybridized carbons (Fsp3) is 0.208. The Balaban J connectivity index is 1.80. The number of benzene rings is 2. The third kappa shape index (κ3) is 3.24. The lowest BCUT2D eigenvalue weighted by atomic mass is 9.98. The number of hydrogen-bond donors (Lipinski definition) is 2. The molecular formula is C24H20FN3O4. The highest BCUT2D eigenvalue weighted by atomic mass is 19.1. The van der Waals surface area contributed by atoms with Crippen LogP contribution in [0.3, 0.4) is 0 Å². The third-order valence-corrected chi connectivity index (χ3v) is 5.67. The monoisotopic (exact) mass is 433 g/mol. The molecule has 4 aromatic rings. The molecule has 32 heavy (non-hydrogen) atoms. The van der Waals surface area contributed by atoms with Crippen molar-refractivity contribution in [1.82, 2.24) is 9.97 Å². The lowest BCUT2D eigenvalue weighted by molar-refractivity contribution is 0.382. The van der Waals surface area contributed by atoms with E-state index in [1.807, 2.05) is 0 Å². The van der Waals surface area contributed by atoms with Crippen LogP contribution in [0.15, 0.2) is 51.7 Å². The van der Waals surface area contributed by atoms with Crippen LogP contribution in [-0.4, -0.2) is 28.2 Å². The Labute approximate surface area is 182 Å². The molecule has 1 aliphatic carbocycles. The molecule has 0 unspecified atom stereocenters. The number of nitrogens with zero attached hydrogens (tertiary/aromatic N) is 2. The van der Waals surface area contributed by atoms with Crippen molar-refractivity contribution in [1.29, 1.82) is 0 Å². The minimum absolute atomic E-state index is 0.0726. The molecule has 5 rings (SSSR count). The number of rotatable bonds is 4. The zero-order valence-electron chi connectivity index (χ0n) is 17.5. The largest absolute Gasteiger partial charge is 0.508 e. The van der Waals surface area contributed by atoms with E-state index in [4.69, 9.17) is 9.15 Å². The molecule has 0 bridgehead atoms. The SMILES string of the molecule is COc1nc(NC2CC=CC2)c2c(=O)oc(-c3cc(O)cc4cccc(F)c34)c(C)c2n1. The average Bonchev–Trinajstić information content (AvgIpc) is 3.28. The van der Waals surface area contributed by atoms with Gasteiger partial charge in [-0.3, -0.25) is 0 Å². The van der Waals surface area contributed by atoms with E-state index >= 15 is 0 Å². The molecule has 2 N–H and O–H groups in total. The lowest BCUT2D eigenvalue weighted by Gasteiger charge is -2.16. The Hall–Kier alpha value is -3.94. The second kappa shape index (κ2) is 7.64. The molecule has 0 saturated heterocycles. The molecule has 0 saturated carbocycles. The average molecular weight is 433 g/mol. The van der Waals surface area contributed by atoms with Crippen molar-refractivity contribution in [3.63, 3.8) is 0 Å². The highest BCUT2D eigenvalue weighted by Gasteiger charge is 2.23. The molecule has 2 aromatic heterocycles. The van der Waals surface area contributed by atoms with Crippen LogP contribution >= 0.6 is 0 Å². The molecular weight excluding hydrogens is 413 g/mol. The molecule has 1 aliphatic rings. The van der Waals surface area contributed by atoms with Gasteiger partial charge in [0.05, 0.1) is 12.6 Å². The Morgan fingerprint density at radius 2 is 1.97 bits per heavy atom. The molecule has 2 aromatic carbocycles. The van der Waals surface area contributed by atoms with Crippen LogP contribution in [0.5, 0.6) is 11.8 Å². The number of halogens is 1. The number of aryl methyl sites for hydroxylation is 1. The van der Waals surface area contributed by atoms with Gasteiger partial charge in [-0.15, -0.1) is 0 Å². The van der Waals surface area contributed by atoms with Gasteiger partial charge in [0, 0.05) is 22.6 Å². The highest BCUT2D eigenvalue weighted by Crippen LogP contribution is 2.38. The number of aromatic hydroxyl groups is 1. The van der Waals surface area contributed by atoms with Crippen molar-refractivity contribution in [2.45, 2.75) is 25.8 Å². The van der Waals surface area contributed by atoms with Crippen molar-refractivity contribution < 1.29 is 18.7 Å². The number of ether oxygens (including phenoxy) is 1. The summed E-state index contributed by atoms with van der Waals surface area (Å²) in [7, 11) is 1.45. The number of fused-ring (bicyclic) bond motifs is 2. The number of hydrogen-bond acceptors (Lipinski definition) is 7. The fourth-order valence-corrected chi connectivity index (χ4v) is 4.16. The molecule has 0 radical (unpaired) electrons. The van der Waals surface area contributed by atoms with Gasteiger partial charge in [-0.2, -0.15) is 9.97 Å². The van der Waals surface area contributed by atoms with Crippen molar-refractivity contribution >= 4 is 27.5 Å². The maximum absolute atomic E-state index is 14.8. The number of anilines is 1. The number of phenols is 1. The molecule has 0 fully saturated rings. The molecule has 0 spiro atoms. The van der Waals surface area contributed by atoms with E-state index in [0.29, 0.717) is 22.3 Å². The molecule has 162 valence electrons. The van der Waals surface area contributed by atoms with Crippen LogP contribution < -0.4 is 15.7 Å². The zero-order valence-corrected chi connectivity index (χ0v) is 17.5. The number of aromatic nitrogens is 2. The van der Waals surface area contributed by atoms with Crippen molar-refractivity contribution in [3.8, 4) is 23.1 Å². The summed E-state index contributed by atoms with van der Waals surface area (Å²) in [6.45, 7) is 1.73. The van der Waals surface area contributed by atoms with Crippen LogP contribution in [0.2, 0.25) is 0 Å². The first-order chi connectivity index (χ1) is 15.5. The molecule has 8 heteroatoms. The van der Waals surface area contributed by atoms with Gasteiger partial charge >= 0.3 is 11.6 Å². The van der Waals surface area contributed by atoms with Crippen molar-refractivity contribution in [2.75, 3.05) is 12.4 Å². The van der Waals surface area contributed by atoms with Gasteiger partial charge in [0.1, 0.15) is 28.5 Å². The Kier molecular flexibility index (Phi) is 4.77. The zero-order chi connectivity index (χ0) is 22.4. The van der Waals surface area contributed by atoms with Gasteiger partial charge in [-0.1, -0.05) is 24.3 Å². The van der Waals surface area contributed by atoms with E-state index < -0.39 is 11.4 Å². The maximum atomic E-state index is 14.8. The van der Waals surface area contributed by atoms with Gasteiger partial charge in [0.15, 0.2) is 0 Å². The standard InChI is InChI=1S/C24H20FN3O4/c1-12-20-19(22(28-24(27-20)31-2)26-14-7-3-4-8-14)23(30)32-21(12)16-11-15(29)10-13-6-5-9-17(25)18(13)16/h3-6,9-11,14,29H,7-8H2,1-2H3,(H,26,27,28). The van der Waals surface area contributed by atoms with Crippen LogP contribution in [0.1, 0.15) is 18.4 Å². The van der Waals surface area contributed by atoms with E-state index in [0.717, 1.165) is 12.8 Å². The Bertz CT molecular complexity index is 1450. The van der Waals surface area contributed by atoms with Crippen molar-refractivity contribution in [3.05, 3.63) is 64.3 Å². The summed E-state index contributed by atoms with van der Waals surface area (Å²) < 4.78 is 25.7. The van der Waals surface area contributed by atoms with Gasteiger partial charge < -0.3 is 19.6 Å². The first kappa shape index (κ1) is 20.0. The molecule has 0 aliphatic heterocycles. The van der Waals surface area contributed by atoms with Crippen molar-refractivity contribution in [2.24, 2.45) is 0 Å². The van der Waals surface area contributed by atoms with E-state index in [1.54, 1.807) is 19.1 Å². The van der Waals surface area contributed by atoms with Crippen LogP contribution in [0, 0.1) is 12.7 Å². The number of phenolic OH excluding ortho intramolecular Hbond substituents is 1. The second-order valence-electron chi connectivity index (χ2n) is 7.74. The van der Waals surface area contributed by atoms with E-state index in [1.165, 1.54) is 25.3 Å². The predicted molar refractivity (Wildman–Crippen MR) is 120 cm³/mol. The van der Waals surface area contributed by atoms with E-state index in [-0.39, 0.29) is 39.9 Å². The first-order valence-electron chi connectivity index (χ1n) is 10.2. The lowest BCUT2D eigenvalue weighted by Crippen LogP contribution is -2.19. The minimum Gasteiger partial charge on any atom is -0.508 e. The second-order valence-corrected chi connectivity index (χ2v) is 7.74. The number of methoxy groups -OCH3 is 1. The van der Waals surface area contributed by atoms with E-state index in [2.05, 4.69) is 27.4 Å². The topological polar surface area (TPSA) is 97.5 Å². The summed E-state index contributed by atoms with van der Waals surface area (Å²) in [5.41, 5.74) is 0.443. The molecule has 2 heterocycles. The van der Waals surface area contributed by atoms with E-state index in [9.17, 15) is 14.3 Å². The maximum Gasteiger partial charge on any atom is 0.349 e. The van der Waals surface area contributed by atoms with Crippen LogP contribution in [0.4, 0.5) is 10.2 Å². The fourth-order valence-electron chi connectivity index (χ4n) is 4.16. The number of nitrogens with one attached hydrogen (secondary N) is 1. The van der Waals surface area contributed by atoms with Gasteiger partial charge in [-0.25, -0.2) is 9.18 Å². The van der Waals surface area contributed by atoms with Crippen LogP contribution in [-0.2, 0) is 0 Å². The predicted octanol–water partition coefficient (Wildman–Crippen LogP) is 4.70. The molecule has 0 amide bonds. The summed E-state index contributed by atoms with van der Waals surface area (Å²) in [4.78, 5) is 21.9. The minimum atomic E-state index is -0.662.